The number of anilines is 2. The first kappa shape index (κ1) is 11.6. The highest BCUT2D eigenvalue weighted by molar-refractivity contribution is 7.15. The van der Waals surface area contributed by atoms with E-state index in [2.05, 4.69) is 11.2 Å². The van der Waals surface area contributed by atoms with Gasteiger partial charge in [-0.25, -0.2) is 9.88 Å². The molecule has 0 spiro atoms. The largest absolute Gasteiger partial charge is 0.390 e. The Balaban J connectivity index is 2.40. The molecule has 1 heterocycles. The number of thiazole rings is 1. The maximum Gasteiger partial charge on any atom is 0.204 e. The molecule has 0 amide bonds. The summed E-state index contributed by atoms with van der Waals surface area (Å²) in [6, 6.07) is 9.32. The van der Waals surface area contributed by atoms with E-state index in [0.717, 1.165) is 10.6 Å². The van der Waals surface area contributed by atoms with Crippen LogP contribution in [0.5, 0.6) is 0 Å². The van der Waals surface area contributed by atoms with Gasteiger partial charge in [0.25, 0.3) is 0 Å². The fraction of sp³-hybridized carbons (Fsp3) is 0.167. The Morgan fingerprint density at radius 1 is 1.41 bits per heavy atom. The predicted octanol–water partition coefficient (Wildman–Crippen LogP) is 2.56. The van der Waals surface area contributed by atoms with Gasteiger partial charge in [0, 0.05) is 4.88 Å². The van der Waals surface area contributed by atoms with Crippen molar-refractivity contribution in [3.8, 4) is 6.19 Å². The van der Waals surface area contributed by atoms with Crippen LogP contribution >= 0.6 is 11.3 Å². The summed E-state index contributed by atoms with van der Waals surface area (Å²) in [4.78, 5) is 6.63. The van der Waals surface area contributed by atoms with Gasteiger partial charge in [0.15, 0.2) is 6.19 Å². The van der Waals surface area contributed by atoms with Gasteiger partial charge in [0.05, 0.1) is 18.0 Å². The van der Waals surface area contributed by atoms with Crippen LogP contribution in [0.3, 0.4) is 0 Å². The van der Waals surface area contributed by atoms with Crippen LogP contribution in [0, 0.1) is 18.4 Å². The van der Waals surface area contributed by atoms with Gasteiger partial charge in [-0.2, -0.15) is 5.26 Å². The maximum absolute atomic E-state index is 9.19. The second kappa shape index (κ2) is 4.95. The van der Waals surface area contributed by atoms with Crippen LogP contribution in [0.1, 0.15) is 10.6 Å². The fourth-order valence-corrected chi connectivity index (χ4v) is 2.34. The zero-order chi connectivity index (χ0) is 12.3. The molecule has 0 aliphatic carbocycles. The summed E-state index contributed by atoms with van der Waals surface area (Å²) in [6.45, 7) is 1.78. The summed E-state index contributed by atoms with van der Waals surface area (Å²) < 4.78 is 0. The highest BCUT2D eigenvalue weighted by Crippen LogP contribution is 2.30. The van der Waals surface area contributed by atoms with Gasteiger partial charge < -0.3 is 5.11 Å². The van der Waals surface area contributed by atoms with Gasteiger partial charge in [0.1, 0.15) is 0 Å². The molecule has 5 heteroatoms. The molecule has 1 N–H and O–H groups in total. The van der Waals surface area contributed by atoms with Gasteiger partial charge in [-0.15, -0.1) is 11.3 Å². The Hall–Kier alpha value is -1.90. The number of aliphatic hydroxyl groups excluding tert-OH is 1. The van der Waals surface area contributed by atoms with Gasteiger partial charge in [-0.05, 0) is 19.1 Å². The third kappa shape index (κ3) is 2.28. The lowest BCUT2D eigenvalue weighted by Crippen LogP contribution is -2.08. The quantitative estimate of drug-likeness (QED) is 0.667. The molecular weight excluding hydrogens is 234 g/mol. The summed E-state index contributed by atoms with van der Waals surface area (Å²) >= 11 is 1.40. The SMILES string of the molecule is Cc1sc(N(C#N)c2ccccc2)nc1CO. The molecule has 0 fully saturated rings. The molecule has 0 saturated heterocycles. The molecule has 0 unspecified atom stereocenters. The minimum atomic E-state index is -0.101. The Kier molecular flexibility index (Phi) is 3.38. The van der Waals surface area contributed by atoms with Crippen molar-refractivity contribution in [2.75, 3.05) is 4.90 Å². The van der Waals surface area contributed by atoms with E-state index < -0.39 is 0 Å². The number of aliphatic hydroxyl groups is 1. The topological polar surface area (TPSA) is 60.2 Å². The molecule has 0 saturated carbocycles. The molecule has 0 aliphatic rings. The first-order chi connectivity index (χ1) is 8.26. The molecule has 2 aromatic rings. The first-order valence-electron chi connectivity index (χ1n) is 5.08. The van der Waals surface area contributed by atoms with Crippen LogP contribution < -0.4 is 4.90 Å². The third-order valence-electron chi connectivity index (χ3n) is 2.34. The van der Waals surface area contributed by atoms with Crippen LogP contribution in [-0.2, 0) is 6.61 Å². The predicted molar refractivity (Wildman–Crippen MR) is 67.0 cm³/mol. The minimum Gasteiger partial charge on any atom is -0.390 e. The highest BCUT2D eigenvalue weighted by Gasteiger charge is 2.14. The summed E-state index contributed by atoms with van der Waals surface area (Å²) in [5.41, 5.74) is 1.40. The van der Waals surface area contributed by atoms with Crippen LogP contribution in [0.25, 0.3) is 0 Å². The number of nitrogens with zero attached hydrogens (tertiary/aromatic N) is 3. The van der Waals surface area contributed by atoms with Gasteiger partial charge >= 0.3 is 0 Å². The highest BCUT2D eigenvalue weighted by atomic mass is 32.1. The Morgan fingerprint density at radius 2 is 2.12 bits per heavy atom. The summed E-state index contributed by atoms with van der Waals surface area (Å²) in [5, 5.41) is 18.9. The van der Waals surface area contributed by atoms with Crippen LogP contribution in [0.2, 0.25) is 0 Å². The molecule has 0 radical (unpaired) electrons. The molecule has 1 aromatic heterocycles. The van der Waals surface area contributed by atoms with E-state index >= 15 is 0 Å². The molecule has 2 rings (SSSR count). The van der Waals surface area contributed by atoms with Crippen molar-refractivity contribution in [2.45, 2.75) is 13.5 Å². The van der Waals surface area contributed by atoms with E-state index in [1.807, 2.05) is 37.3 Å². The summed E-state index contributed by atoms with van der Waals surface area (Å²) in [5.74, 6) is 0. The van der Waals surface area contributed by atoms with E-state index in [9.17, 15) is 5.26 Å². The van der Waals surface area contributed by atoms with E-state index in [4.69, 9.17) is 5.11 Å². The molecule has 86 valence electrons. The Labute approximate surface area is 103 Å². The lowest BCUT2D eigenvalue weighted by atomic mass is 10.3. The van der Waals surface area contributed by atoms with Crippen molar-refractivity contribution in [2.24, 2.45) is 0 Å². The van der Waals surface area contributed by atoms with Crippen molar-refractivity contribution in [1.29, 1.82) is 5.26 Å². The van der Waals surface area contributed by atoms with E-state index in [1.165, 1.54) is 16.2 Å². The first-order valence-corrected chi connectivity index (χ1v) is 5.90. The molecule has 17 heavy (non-hydrogen) atoms. The zero-order valence-corrected chi connectivity index (χ0v) is 10.1. The van der Waals surface area contributed by atoms with Crippen molar-refractivity contribution in [3.05, 3.63) is 40.9 Å². The third-order valence-corrected chi connectivity index (χ3v) is 3.34. The second-order valence-corrected chi connectivity index (χ2v) is 4.61. The number of hydrogen-bond acceptors (Lipinski definition) is 5. The van der Waals surface area contributed by atoms with Crippen LogP contribution in [0.4, 0.5) is 10.8 Å². The number of nitriles is 1. The average molecular weight is 245 g/mol. The minimum absolute atomic E-state index is 0.101. The fourth-order valence-electron chi connectivity index (χ4n) is 1.44. The lowest BCUT2D eigenvalue weighted by molar-refractivity contribution is 0.277. The number of hydrogen-bond donors (Lipinski definition) is 1. The Morgan fingerprint density at radius 3 is 2.65 bits per heavy atom. The van der Waals surface area contributed by atoms with Crippen molar-refractivity contribution in [3.63, 3.8) is 0 Å². The number of aryl methyl sites for hydroxylation is 1. The zero-order valence-electron chi connectivity index (χ0n) is 9.29. The molecule has 0 atom stereocenters. The monoisotopic (exact) mass is 245 g/mol. The van der Waals surface area contributed by atoms with Crippen molar-refractivity contribution < 1.29 is 5.11 Å². The smallest absolute Gasteiger partial charge is 0.204 e. The maximum atomic E-state index is 9.19. The second-order valence-electron chi connectivity index (χ2n) is 3.43. The van der Waals surface area contributed by atoms with E-state index in [1.54, 1.807) is 0 Å². The Bertz CT molecular complexity index is 545. The molecule has 0 aliphatic heterocycles. The molecule has 0 bridgehead atoms. The van der Waals surface area contributed by atoms with Crippen LogP contribution in [-0.4, -0.2) is 10.1 Å². The standard InChI is InChI=1S/C12H11N3OS/c1-9-11(7-16)14-12(17-9)15(8-13)10-5-3-2-4-6-10/h2-6,16H,7H2,1H3. The summed E-state index contributed by atoms with van der Waals surface area (Å²) in [7, 11) is 0. The number of benzene rings is 1. The van der Waals surface area contributed by atoms with Gasteiger partial charge in [0.2, 0.25) is 5.13 Å². The van der Waals surface area contributed by atoms with Crippen molar-refractivity contribution in [1.82, 2.24) is 4.98 Å². The van der Waals surface area contributed by atoms with Gasteiger partial charge in [-0.3, -0.25) is 0 Å². The van der Waals surface area contributed by atoms with E-state index in [-0.39, 0.29) is 6.61 Å². The van der Waals surface area contributed by atoms with E-state index in [0.29, 0.717) is 10.8 Å². The summed E-state index contributed by atoms with van der Waals surface area (Å²) in [6.07, 6.45) is 2.10. The normalized spacial score (nSPS) is 9.94. The van der Waals surface area contributed by atoms with Gasteiger partial charge in [-0.1, -0.05) is 18.2 Å². The van der Waals surface area contributed by atoms with Crippen molar-refractivity contribution >= 4 is 22.2 Å². The average Bonchev–Trinajstić information content (AvgIpc) is 2.73. The molecular formula is C12H11N3OS. The number of rotatable bonds is 3. The lowest BCUT2D eigenvalue weighted by Gasteiger charge is -2.11. The molecule has 1 aromatic carbocycles. The molecule has 4 nitrogen and oxygen atoms in total. The number of aromatic nitrogens is 1. The number of para-hydroxylation sites is 1. The van der Waals surface area contributed by atoms with Crippen LogP contribution in [0.15, 0.2) is 30.3 Å².